The molecule has 0 radical (unpaired) electrons. The molecule has 3 aromatic rings. The number of allylic oxidation sites excluding steroid dienone is 1. The SMILES string of the molecule is C=Cc1cc(O)cc2c1OC(c1ccc(OCC(C)N3CCC(C)C3)cc1)C(c1cccc(O)c1)=C2C. The van der Waals surface area contributed by atoms with Crippen LogP contribution in [0.2, 0.25) is 0 Å². The standard InChI is InChI=1S/C32H35NO4/c1-5-23-15-27(35)17-29-22(4)30(25-7-6-8-26(34)16-25)32(37-31(23)29)24-9-11-28(12-10-24)36-19-21(3)33-14-13-20(2)18-33/h5-12,15-17,20-21,32,34-35H,1,13-14,18-19H2,2-4H3. The first-order chi connectivity index (χ1) is 17.8. The van der Waals surface area contributed by atoms with Crippen molar-refractivity contribution < 1.29 is 19.7 Å². The van der Waals surface area contributed by atoms with Crippen LogP contribution in [0.25, 0.3) is 17.2 Å². The van der Waals surface area contributed by atoms with Crippen LogP contribution < -0.4 is 9.47 Å². The minimum Gasteiger partial charge on any atom is -0.508 e. The fourth-order valence-electron chi connectivity index (χ4n) is 5.42. The maximum Gasteiger partial charge on any atom is 0.150 e. The molecule has 2 heterocycles. The number of likely N-dealkylation sites (tertiary alicyclic amines) is 1. The molecular weight excluding hydrogens is 462 g/mol. The Morgan fingerprint density at radius 3 is 2.57 bits per heavy atom. The van der Waals surface area contributed by atoms with Gasteiger partial charge in [0, 0.05) is 29.3 Å². The molecule has 0 spiro atoms. The Labute approximate surface area is 219 Å². The fraction of sp³-hybridized carbons (Fsp3) is 0.312. The molecule has 2 N–H and O–H groups in total. The summed E-state index contributed by atoms with van der Waals surface area (Å²) in [7, 11) is 0. The van der Waals surface area contributed by atoms with E-state index < -0.39 is 6.10 Å². The summed E-state index contributed by atoms with van der Waals surface area (Å²) in [5, 5.41) is 20.5. The lowest BCUT2D eigenvalue weighted by Crippen LogP contribution is -2.35. The van der Waals surface area contributed by atoms with Crippen molar-refractivity contribution in [2.24, 2.45) is 5.92 Å². The molecule has 5 heteroatoms. The van der Waals surface area contributed by atoms with Gasteiger partial charge in [-0.3, -0.25) is 4.90 Å². The Balaban J connectivity index is 1.45. The van der Waals surface area contributed by atoms with E-state index in [1.165, 1.54) is 6.42 Å². The van der Waals surface area contributed by atoms with Crippen molar-refractivity contribution in [3.8, 4) is 23.0 Å². The van der Waals surface area contributed by atoms with E-state index >= 15 is 0 Å². The molecular formula is C32H35NO4. The second-order valence-electron chi connectivity index (χ2n) is 10.3. The summed E-state index contributed by atoms with van der Waals surface area (Å²) >= 11 is 0. The van der Waals surface area contributed by atoms with Gasteiger partial charge in [0.2, 0.25) is 0 Å². The Morgan fingerprint density at radius 1 is 1.11 bits per heavy atom. The highest BCUT2D eigenvalue weighted by molar-refractivity contribution is 5.97. The monoisotopic (exact) mass is 497 g/mol. The zero-order valence-corrected chi connectivity index (χ0v) is 21.8. The first kappa shape index (κ1) is 25.0. The molecule has 1 fully saturated rings. The van der Waals surface area contributed by atoms with Crippen molar-refractivity contribution >= 4 is 17.2 Å². The molecule has 2 aliphatic rings. The predicted octanol–water partition coefficient (Wildman–Crippen LogP) is 6.91. The van der Waals surface area contributed by atoms with Gasteiger partial charge in [-0.15, -0.1) is 0 Å². The maximum atomic E-state index is 10.3. The first-order valence-electron chi connectivity index (χ1n) is 13.0. The highest BCUT2D eigenvalue weighted by Gasteiger charge is 2.31. The molecule has 0 aliphatic carbocycles. The number of ether oxygens (including phenoxy) is 2. The Morgan fingerprint density at radius 2 is 1.89 bits per heavy atom. The average Bonchev–Trinajstić information content (AvgIpc) is 3.33. The lowest BCUT2D eigenvalue weighted by molar-refractivity contribution is 0.169. The smallest absolute Gasteiger partial charge is 0.150 e. The van der Waals surface area contributed by atoms with Gasteiger partial charge >= 0.3 is 0 Å². The van der Waals surface area contributed by atoms with Crippen LogP contribution in [-0.2, 0) is 0 Å². The summed E-state index contributed by atoms with van der Waals surface area (Å²) in [6.07, 6.45) is 2.55. The predicted molar refractivity (Wildman–Crippen MR) is 149 cm³/mol. The summed E-state index contributed by atoms with van der Waals surface area (Å²) in [6, 6.07) is 19.0. The maximum absolute atomic E-state index is 10.3. The van der Waals surface area contributed by atoms with Crippen LogP contribution in [0.1, 0.15) is 55.5 Å². The molecule has 3 unspecified atom stereocenters. The Bertz CT molecular complexity index is 1330. The second kappa shape index (κ2) is 10.3. The van der Waals surface area contributed by atoms with E-state index in [9.17, 15) is 10.2 Å². The fourth-order valence-corrected chi connectivity index (χ4v) is 5.42. The van der Waals surface area contributed by atoms with Gasteiger partial charge in [-0.05, 0) is 85.8 Å². The van der Waals surface area contributed by atoms with E-state index in [2.05, 4.69) is 25.3 Å². The third kappa shape index (κ3) is 5.09. The molecule has 5 rings (SSSR count). The van der Waals surface area contributed by atoms with Crippen molar-refractivity contribution in [3.05, 3.63) is 89.5 Å². The van der Waals surface area contributed by atoms with E-state index in [1.54, 1.807) is 30.3 Å². The highest BCUT2D eigenvalue weighted by Crippen LogP contribution is 2.49. The van der Waals surface area contributed by atoms with Crippen molar-refractivity contribution in [2.75, 3.05) is 19.7 Å². The van der Waals surface area contributed by atoms with Crippen molar-refractivity contribution in [2.45, 2.75) is 39.3 Å². The summed E-state index contributed by atoms with van der Waals surface area (Å²) in [4.78, 5) is 2.50. The zero-order chi connectivity index (χ0) is 26.1. The number of phenolic OH excluding ortho intramolecular Hbond substituents is 2. The third-order valence-electron chi connectivity index (χ3n) is 7.54. The Hall–Kier alpha value is -3.70. The second-order valence-corrected chi connectivity index (χ2v) is 10.3. The highest BCUT2D eigenvalue weighted by atomic mass is 16.5. The number of hydrogen-bond acceptors (Lipinski definition) is 5. The summed E-state index contributed by atoms with van der Waals surface area (Å²) in [5.74, 6) is 2.62. The van der Waals surface area contributed by atoms with Gasteiger partial charge in [-0.2, -0.15) is 0 Å². The van der Waals surface area contributed by atoms with Gasteiger partial charge in [0.1, 0.15) is 35.7 Å². The molecule has 0 aromatic heterocycles. The van der Waals surface area contributed by atoms with Gasteiger partial charge in [0.05, 0.1) is 0 Å². The minimum atomic E-state index is -0.406. The summed E-state index contributed by atoms with van der Waals surface area (Å²) in [6.45, 7) is 13.4. The number of hydrogen-bond donors (Lipinski definition) is 2. The van der Waals surface area contributed by atoms with E-state index in [0.29, 0.717) is 18.4 Å². The number of nitrogens with zero attached hydrogens (tertiary/aromatic N) is 1. The normalized spacial score (nSPS) is 20.3. The molecule has 2 aliphatic heterocycles. The van der Waals surface area contributed by atoms with Gasteiger partial charge in [-0.1, -0.05) is 43.8 Å². The molecule has 0 amide bonds. The van der Waals surface area contributed by atoms with Crippen LogP contribution >= 0.6 is 0 Å². The zero-order valence-electron chi connectivity index (χ0n) is 21.8. The molecule has 0 bridgehead atoms. The molecule has 1 saturated heterocycles. The van der Waals surface area contributed by atoms with E-state index in [1.807, 2.05) is 43.3 Å². The molecule has 5 nitrogen and oxygen atoms in total. The molecule has 3 atom stereocenters. The van der Waals surface area contributed by atoms with Crippen LogP contribution in [-0.4, -0.2) is 40.9 Å². The Kier molecular flexibility index (Phi) is 6.98. The number of aromatic hydroxyl groups is 2. The molecule has 37 heavy (non-hydrogen) atoms. The van der Waals surface area contributed by atoms with E-state index in [4.69, 9.17) is 9.47 Å². The van der Waals surface area contributed by atoms with Crippen molar-refractivity contribution in [1.29, 1.82) is 0 Å². The molecule has 0 saturated carbocycles. The largest absolute Gasteiger partial charge is 0.508 e. The topological polar surface area (TPSA) is 62.2 Å². The lowest BCUT2D eigenvalue weighted by atomic mass is 9.85. The number of phenols is 2. The van der Waals surface area contributed by atoms with Crippen LogP contribution in [0, 0.1) is 5.92 Å². The van der Waals surface area contributed by atoms with Gasteiger partial charge in [0.25, 0.3) is 0 Å². The number of benzene rings is 3. The van der Waals surface area contributed by atoms with Crippen molar-refractivity contribution in [1.82, 2.24) is 4.90 Å². The number of fused-ring (bicyclic) bond motifs is 1. The van der Waals surface area contributed by atoms with Gasteiger partial charge < -0.3 is 19.7 Å². The van der Waals surface area contributed by atoms with E-state index in [0.717, 1.165) is 58.2 Å². The van der Waals surface area contributed by atoms with Gasteiger partial charge in [0.15, 0.2) is 0 Å². The van der Waals surface area contributed by atoms with Crippen LogP contribution in [0.5, 0.6) is 23.0 Å². The summed E-state index contributed by atoms with van der Waals surface area (Å²) in [5.41, 5.74) is 5.30. The lowest BCUT2D eigenvalue weighted by Gasteiger charge is -2.32. The van der Waals surface area contributed by atoms with E-state index in [-0.39, 0.29) is 11.5 Å². The first-order valence-corrected chi connectivity index (χ1v) is 13.0. The molecule has 192 valence electrons. The third-order valence-corrected chi connectivity index (χ3v) is 7.54. The van der Waals surface area contributed by atoms with Crippen molar-refractivity contribution in [3.63, 3.8) is 0 Å². The number of rotatable bonds is 7. The quantitative estimate of drug-likeness (QED) is 0.371. The van der Waals surface area contributed by atoms with Crippen LogP contribution in [0.3, 0.4) is 0 Å². The minimum absolute atomic E-state index is 0.157. The van der Waals surface area contributed by atoms with Crippen LogP contribution in [0.15, 0.2) is 67.2 Å². The van der Waals surface area contributed by atoms with Crippen LogP contribution in [0.4, 0.5) is 0 Å². The molecule has 3 aromatic carbocycles. The average molecular weight is 498 g/mol. The summed E-state index contributed by atoms with van der Waals surface area (Å²) < 4.78 is 12.8. The van der Waals surface area contributed by atoms with Gasteiger partial charge in [-0.25, -0.2) is 0 Å².